The van der Waals surface area contributed by atoms with Gasteiger partial charge in [-0.1, -0.05) is 59.4 Å². The molecule has 8 heterocycles. The van der Waals surface area contributed by atoms with Gasteiger partial charge in [0.2, 0.25) is 10.9 Å². The number of aryl methyl sites for hydroxylation is 3. The summed E-state index contributed by atoms with van der Waals surface area (Å²) in [5.74, 6) is -2.00. The zero-order valence-corrected chi connectivity index (χ0v) is 94.6. The molecule has 0 spiro atoms. The van der Waals surface area contributed by atoms with Crippen molar-refractivity contribution < 1.29 is 146 Å². The van der Waals surface area contributed by atoms with E-state index in [2.05, 4.69) is 11.8 Å². The topological polar surface area (TPSA) is 475 Å². The predicted molar refractivity (Wildman–Crippen MR) is 564 cm³/mol. The fraction of sp³-hybridized carbons (Fsp3) is 0.786. The molecule has 0 radical (unpaired) electrons. The SMILES string of the molecule is CC[C@H]1OC(=O)[C@H](C)[C@@H](O[C@H]2C[C@@](C)(OC)[C@@H](OCCCOCC#Cc3ccc4c(c3)c(=O)c(C(=O)O)cn4CC)[C@H](C)O2)[C@H](C)[C@@H](O[C@@H]2O[C@H](C)C[C@H](N(C)C)[C@H]2O)[C@](C)(O)C[C@@H](C)CN(C)[C@H](C)[C@@H](O)[C@]1(C)O.CC[C@H]1OC(=O)[C@H](C)[C@@H](O[C@H]2C[C@@](C)(OC)[C@@H](OCCCOCCCc3ccc4c(c3)c(=O)c(C(=O)O)cn4CC)[C@H](C)O2)[C@H](C)[C@@H](O[C@@H]2O[C@H](C)C[C@H](N(C)C)[C@H]2O)[C@](C)(O)C[C@@H](C)CN(C)[C@H](C)[C@@H](O)[C@]1(C)O. The number of carbonyl (C=O) groups excluding carboxylic acids is 2. The third-order valence-electron chi connectivity index (χ3n) is 32.3. The molecule has 6 aliphatic heterocycles. The monoisotopic (exact) mass is 2120 g/mol. The number of carboxylic acid groups (broad SMARTS) is 2. The standard InChI is InChI=1S/C56H93N3O16.C56H89N3O16/c2*1-16-43-56(11,67)48(62)36(7)58(14)30-32(3)28-54(9,66)49(75-53-46(61)42(57(12)13)26-33(4)71-53)34(5)47(35(6)52(65)73-43)74-44-29-55(10,68-15)50(37(8)72-44)70-25-19-24-69-23-18-20-38-21-22-41-39(27-38)45(60)40(51(63)64)31-59(41)17-2/h21-22,27,31-37,42-44,46-50,53,61-62,66-67H,16-20,23-26,28-30H2,1-15H3,(H,63,64);21-22,27,31-37,42-44,46-50,53,61-62,66-67H,16-17,19,23-26,28-30H2,1-15H3,(H,63,64)/t2*32-,33-,34+,35-,36-,37+,42+,43-,44+,46-,47+,48-,49-,50+,53+,54-,55-,56-/m11/s1. The maximum absolute atomic E-state index is 14.6. The van der Waals surface area contributed by atoms with E-state index in [0.29, 0.717) is 120 Å². The third kappa shape index (κ3) is 31.0. The number of ether oxygens (including phenoxy) is 16. The number of methoxy groups -OCH3 is 2. The van der Waals surface area contributed by atoms with Gasteiger partial charge in [-0.3, -0.25) is 19.2 Å². The molecule has 0 aliphatic carbocycles. The lowest BCUT2D eigenvalue weighted by Gasteiger charge is -2.49. The first-order chi connectivity index (χ1) is 70.2. The van der Waals surface area contributed by atoms with Gasteiger partial charge >= 0.3 is 23.9 Å². The first-order valence-corrected chi connectivity index (χ1v) is 54.0. The number of hydrogen-bond acceptors (Lipinski definition) is 34. The second-order valence-electron chi connectivity index (χ2n) is 45.3. The number of hydrogen-bond donors (Lipinski definition) is 10. The Morgan fingerprint density at radius 1 is 0.493 bits per heavy atom. The smallest absolute Gasteiger partial charge is 0.341 e. The van der Waals surface area contributed by atoms with Gasteiger partial charge in [0.15, 0.2) is 25.2 Å². The molecule has 38 nitrogen and oxygen atoms in total. The Labute approximate surface area is 887 Å². The number of aromatic nitrogens is 2. The van der Waals surface area contributed by atoms with Crippen LogP contribution < -0.4 is 10.9 Å². The van der Waals surface area contributed by atoms with Crippen LogP contribution in [-0.4, -0.2) is 394 Å². The highest BCUT2D eigenvalue weighted by Crippen LogP contribution is 2.46. The van der Waals surface area contributed by atoms with Gasteiger partial charge in [0.25, 0.3) is 0 Å². The second-order valence-corrected chi connectivity index (χ2v) is 45.3. The van der Waals surface area contributed by atoms with Gasteiger partial charge < -0.3 is 156 Å². The molecular formula is C112H182N6O32. The van der Waals surface area contributed by atoms with Crippen LogP contribution in [0.15, 0.2) is 58.4 Å². The molecule has 10 rings (SSSR count). The summed E-state index contributed by atoms with van der Waals surface area (Å²) in [6.45, 7) is 43.5. The van der Waals surface area contributed by atoms with E-state index in [1.165, 1.54) is 26.2 Å². The molecule has 10 N–H and O–H groups in total. The Balaban J connectivity index is 0.000000333. The van der Waals surface area contributed by atoms with E-state index >= 15 is 0 Å². The summed E-state index contributed by atoms with van der Waals surface area (Å²) in [5, 5.41) is 116. The summed E-state index contributed by atoms with van der Waals surface area (Å²) < 4.78 is 106. The van der Waals surface area contributed by atoms with Crippen LogP contribution in [-0.2, 0) is 105 Å². The lowest BCUT2D eigenvalue weighted by atomic mass is 9.77. The number of aromatic carboxylic acids is 2. The fourth-order valence-electron chi connectivity index (χ4n) is 23.5. The maximum atomic E-state index is 14.6. The van der Waals surface area contributed by atoms with Crippen LogP contribution in [0.1, 0.15) is 255 Å². The van der Waals surface area contributed by atoms with E-state index in [9.17, 15) is 79.8 Å². The Bertz CT molecular complexity index is 5180. The Morgan fingerprint density at radius 2 is 0.880 bits per heavy atom. The molecule has 4 aromatic rings. The van der Waals surface area contributed by atoms with Crippen LogP contribution >= 0.6 is 0 Å². The normalized spacial score (nSPS) is 37.9. The van der Waals surface area contributed by atoms with Crippen LogP contribution in [0.3, 0.4) is 0 Å². The highest BCUT2D eigenvalue weighted by atomic mass is 16.7. The van der Waals surface area contributed by atoms with Gasteiger partial charge in [0.1, 0.15) is 77.8 Å². The molecule has 150 heavy (non-hydrogen) atoms. The molecule has 6 saturated heterocycles. The fourth-order valence-corrected chi connectivity index (χ4v) is 23.5. The summed E-state index contributed by atoms with van der Waals surface area (Å²) in [6.07, 6.45) is -10.8. The van der Waals surface area contributed by atoms with E-state index in [-0.39, 0.29) is 97.8 Å². The second kappa shape index (κ2) is 55.0. The van der Waals surface area contributed by atoms with Crippen LogP contribution in [0.25, 0.3) is 21.8 Å². The van der Waals surface area contributed by atoms with Crippen molar-refractivity contribution in [2.24, 2.45) is 35.5 Å². The highest BCUT2D eigenvalue weighted by Gasteiger charge is 2.58. The number of rotatable bonds is 33. The Hall–Kier alpha value is -6.74. The Morgan fingerprint density at radius 3 is 1.26 bits per heavy atom. The number of carbonyl (C=O) groups is 4. The quantitative estimate of drug-likeness (QED) is 0.0120. The van der Waals surface area contributed by atoms with Gasteiger partial charge in [-0.25, -0.2) is 9.59 Å². The first-order valence-electron chi connectivity index (χ1n) is 54.0. The average Bonchev–Trinajstić information content (AvgIpc) is 0.973. The molecule has 0 unspecified atom stereocenters. The largest absolute Gasteiger partial charge is 0.477 e. The van der Waals surface area contributed by atoms with Crippen molar-refractivity contribution in [1.82, 2.24) is 28.7 Å². The lowest BCUT2D eigenvalue weighted by molar-refractivity contribution is -0.321. The van der Waals surface area contributed by atoms with E-state index < -0.39 is 215 Å². The summed E-state index contributed by atoms with van der Waals surface area (Å²) in [5.41, 5.74) is -7.57. The number of nitrogens with zero attached hydrogens (tertiary/aromatic N) is 6. The molecule has 0 saturated carbocycles. The van der Waals surface area contributed by atoms with Crippen LogP contribution in [0.4, 0.5) is 0 Å². The zero-order chi connectivity index (χ0) is 112. The zero-order valence-electron chi connectivity index (χ0n) is 94.6. The first kappa shape index (κ1) is 127. The van der Waals surface area contributed by atoms with Crippen molar-refractivity contribution in [2.75, 3.05) is 109 Å². The highest BCUT2D eigenvalue weighted by molar-refractivity contribution is 5.94. The van der Waals surface area contributed by atoms with Crippen molar-refractivity contribution in [3.8, 4) is 11.8 Å². The number of fused-ring (bicyclic) bond motifs is 2. The molecule has 852 valence electrons. The molecule has 6 fully saturated rings. The predicted octanol–water partition coefficient (Wildman–Crippen LogP) is 9.41. The van der Waals surface area contributed by atoms with Crippen molar-refractivity contribution >= 4 is 45.7 Å². The molecule has 36 atom stereocenters. The van der Waals surface area contributed by atoms with Gasteiger partial charge in [-0.15, -0.1) is 0 Å². The number of benzene rings is 2. The maximum Gasteiger partial charge on any atom is 0.341 e. The van der Waals surface area contributed by atoms with Crippen molar-refractivity contribution in [3.05, 3.63) is 91.5 Å². The number of cyclic esters (lactones) is 2. The third-order valence-corrected chi connectivity index (χ3v) is 32.3. The molecule has 0 bridgehead atoms. The van der Waals surface area contributed by atoms with Crippen molar-refractivity contribution in [3.63, 3.8) is 0 Å². The summed E-state index contributed by atoms with van der Waals surface area (Å²) >= 11 is 0. The summed E-state index contributed by atoms with van der Waals surface area (Å²) in [7, 11) is 14.4. The number of aliphatic hydroxyl groups excluding tert-OH is 4. The molecule has 6 aliphatic rings. The molecule has 38 heteroatoms. The van der Waals surface area contributed by atoms with Gasteiger partial charge in [0, 0.05) is 144 Å². The number of aliphatic hydroxyl groups is 8. The Kier molecular flexibility index (Phi) is 46.4. The van der Waals surface area contributed by atoms with Crippen LogP contribution in [0.2, 0.25) is 0 Å². The van der Waals surface area contributed by atoms with Gasteiger partial charge in [0.05, 0.1) is 101 Å². The van der Waals surface area contributed by atoms with Crippen molar-refractivity contribution in [2.45, 2.75) is 423 Å². The number of likely N-dealkylation sites (N-methyl/N-ethyl adjacent to an activating group) is 4. The minimum atomic E-state index is -1.84. The van der Waals surface area contributed by atoms with Crippen molar-refractivity contribution in [1.29, 1.82) is 0 Å². The van der Waals surface area contributed by atoms with E-state index in [4.69, 9.17) is 75.8 Å². The lowest BCUT2D eigenvalue weighted by Crippen LogP contribution is -2.61. The van der Waals surface area contributed by atoms with Crippen LogP contribution in [0, 0.1) is 47.3 Å². The molecule has 2 aromatic carbocycles. The summed E-state index contributed by atoms with van der Waals surface area (Å²) in [4.78, 5) is 86.2. The number of pyridine rings is 2. The summed E-state index contributed by atoms with van der Waals surface area (Å²) in [6, 6.07) is 8.98. The molecule has 2 aromatic heterocycles. The van der Waals surface area contributed by atoms with E-state index in [0.717, 1.165) is 5.56 Å². The van der Waals surface area contributed by atoms with E-state index in [1.807, 2.05) is 157 Å². The minimum absolute atomic E-state index is 0.108. The number of carboxylic acids is 2. The molecular weight excluding hydrogens is 1940 g/mol. The number of esters is 2. The minimum Gasteiger partial charge on any atom is -0.477 e. The molecule has 0 amide bonds. The average molecular weight is 2120 g/mol. The van der Waals surface area contributed by atoms with Crippen LogP contribution in [0.5, 0.6) is 0 Å². The van der Waals surface area contributed by atoms with E-state index in [1.54, 1.807) is 103 Å². The van der Waals surface area contributed by atoms with Gasteiger partial charge in [-0.2, -0.15) is 0 Å². The van der Waals surface area contributed by atoms with Gasteiger partial charge in [-0.05, 0) is 265 Å².